The number of allylic oxidation sites excluding steroid dienone is 1. The summed E-state index contributed by atoms with van der Waals surface area (Å²) in [5.41, 5.74) is 2.53. The van der Waals surface area contributed by atoms with Crippen molar-refractivity contribution in [3.63, 3.8) is 0 Å². The number of ether oxygens (including phenoxy) is 1. The van der Waals surface area contributed by atoms with Gasteiger partial charge < -0.3 is 4.74 Å². The lowest BCUT2D eigenvalue weighted by atomic mass is 9.47. The highest BCUT2D eigenvalue weighted by atomic mass is 16.5. The lowest BCUT2D eigenvalue weighted by molar-refractivity contribution is -0.148. The molecule has 4 rings (SSSR count). The van der Waals surface area contributed by atoms with E-state index in [1.54, 1.807) is 12.5 Å². The lowest BCUT2D eigenvalue weighted by Gasteiger charge is -2.58. The molecule has 0 aromatic carbocycles. The normalized spacial score (nSPS) is 42.9. The molecule has 0 heterocycles. The highest BCUT2D eigenvalue weighted by molar-refractivity contribution is 5.66. The molecule has 2 nitrogen and oxygen atoms in total. The monoisotopic (exact) mass is 428 g/mol. The van der Waals surface area contributed by atoms with E-state index in [-0.39, 0.29) is 12.1 Å². The van der Waals surface area contributed by atoms with E-state index in [0.717, 1.165) is 48.3 Å². The van der Waals surface area contributed by atoms with Crippen LogP contribution in [0.2, 0.25) is 0 Å². The molecule has 3 fully saturated rings. The van der Waals surface area contributed by atoms with E-state index >= 15 is 0 Å². The number of carbonyl (C=O) groups is 1. The number of hydrogen-bond donors (Lipinski definition) is 0. The largest absolute Gasteiger partial charge is 0.462 e. The first-order chi connectivity index (χ1) is 14.6. The molecule has 176 valence electrons. The van der Waals surface area contributed by atoms with Crippen molar-refractivity contribution in [1.82, 2.24) is 0 Å². The molecule has 4 aliphatic carbocycles. The van der Waals surface area contributed by atoms with E-state index < -0.39 is 0 Å². The summed E-state index contributed by atoms with van der Waals surface area (Å²) in [5.74, 6) is 5.19. The molecular weight excluding hydrogens is 380 g/mol. The fraction of sp³-hybridized carbons (Fsp3) is 0.897. The van der Waals surface area contributed by atoms with Crippen LogP contribution in [0.15, 0.2) is 11.6 Å². The second-order valence-corrected chi connectivity index (χ2v) is 12.8. The van der Waals surface area contributed by atoms with E-state index in [2.05, 4.69) is 40.7 Å². The average molecular weight is 429 g/mol. The Kier molecular flexibility index (Phi) is 6.68. The standard InChI is InChI=1S/C29H48O2/c1-19(2)8-7-9-20(3)25-12-13-26-24-11-10-22-18-23(31-21(4)30)14-16-28(22,5)27(24)15-17-29(25,26)6/h10,19-20,23-27H,7-9,11-18H2,1-6H3/t20-,23+,24+,25-,26+,27+,28+,29+/m1/s1. The molecule has 3 saturated carbocycles. The van der Waals surface area contributed by atoms with Crippen LogP contribution < -0.4 is 0 Å². The van der Waals surface area contributed by atoms with Crippen LogP contribution >= 0.6 is 0 Å². The van der Waals surface area contributed by atoms with Crippen LogP contribution in [-0.2, 0) is 9.53 Å². The fourth-order valence-electron chi connectivity index (χ4n) is 8.99. The van der Waals surface area contributed by atoms with E-state index in [1.165, 1.54) is 57.8 Å². The fourth-order valence-corrected chi connectivity index (χ4v) is 8.99. The van der Waals surface area contributed by atoms with Crippen LogP contribution in [-0.4, -0.2) is 12.1 Å². The van der Waals surface area contributed by atoms with Crippen molar-refractivity contribution in [3.8, 4) is 0 Å². The second kappa shape index (κ2) is 8.86. The first-order valence-corrected chi connectivity index (χ1v) is 13.5. The van der Waals surface area contributed by atoms with Gasteiger partial charge in [0.15, 0.2) is 0 Å². The predicted molar refractivity (Wildman–Crippen MR) is 129 cm³/mol. The van der Waals surface area contributed by atoms with E-state index in [4.69, 9.17) is 4.74 Å². The Morgan fingerprint density at radius 3 is 2.55 bits per heavy atom. The van der Waals surface area contributed by atoms with E-state index in [1.807, 2.05) is 0 Å². The van der Waals surface area contributed by atoms with Crippen molar-refractivity contribution in [2.75, 3.05) is 0 Å². The van der Waals surface area contributed by atoms with Gasteiger partial charge >= 0.3 is 5.97 Å². The minimum atomic E-state index is -0.115. The maximum absolute atomic E-state index is 11.5. The topological polar surface area (TPSA) is 26.3 Å². The van der Waals surface area contributed by atoms with Crippen molar-refractivity contribution >= 4 is 5.97 Å². The quantitative estimate of drug-likeness (QED) is 0.317. The summed E-state index contributed by atoms with van der Waals surface area (Å²) in [6.45, 7) is 14.1. The zero-order chi connectivity index (χ0) is 22.4. The summed E-state index contributed by atoms with van der Waals surface area (Å²) < 4.78 is 5.61. The Labute approximate surface area is 192 Å². The molecule has 0 aliphatic heterocycles. The maximum Gasteiger partial charge on any atom is 0.302 e. The molecule has 8 atom stereocenters. The van der Waals surface area contributed by atoms with Crippen LogP contribution in [0.25, 0.3) is 0 Å². The molecule has 4 aliphatic rings. The second-order valence-electron chi connectivity index (χ2n) is 12.8. The number of hydrogen-bond acceptors (Lipinski definition) is 2. The molecule has 0 radical (unpaired) electrons. The van der Waals surface area contributed by atoms with Gasteiger partial charge in [-0.05, 0) is 91.3 Å². The van der Waals surface area contributed by atoms with Gasteiger partial charge in [0.1, 0.15) is 6.10 Å². The number of fused-ring (bicyclic) bond motifs is 5. The van der Waals surface area contributed by atoms with Crippen LogP contribution in [0.5, 0.6) is 0 Å². The summed E-state index contributed by atoms with van der Waals surface area (Å²) >= 11 is 0. The average Bonchev–Trinajstić information content (AvgIpc) is 3.05. The van der Waals surface area contributed by atoms with Gasteiger partial charge in [-0.2, -0.15) is 0 Å². The number of esters is 1. The molecule has 0 aromatic heterocycles. The minimum absolute atomic E-state index is 0.115. The third-order valence-corrected chi connectivity index (χ3v) is 10.6. The minimum Gasteiger partial charge on any atom is -0.462 e. The van der Waals surface area contributed by atoms with Crippen molar-refractivity contribution < 1.29 is 9.53 Å². The van der Waals surface area contributed by atoms with Crippen LogP contribution in [0.4, 0.5) is 0 Å². The van der Waals surface area contributed by atoms with E-state index in [0.29, 0.717) is 10.8 Å². The van der Waals surface area contributed by atoms with Gasteiger partial charge in [0.25, 0.3) is 0 Å². The highest BCUT2D eigenvalue weighted by Crippen LogP contribution is 2.67. The van der Waals surface area contributed by atoms with Crippen molar-refractivity contribution in [2.24, 2.45) is 46.3 Å². The Balaban J connectivity index is 1.47. The van der Waals surface area contributed by atoms with Crippen molar-refractivity contribution in [2.45, 2.75) is 118 Å². The van der Waals surface area contributed by atoms with Gasteiger partial charge in [-0.25, -0.2) is 0 Å². The molecule has 0 spiro atoms. The molecule has 0 unspecified atom stereocenters. The summed E-state index contributed by atoms with van der Waals surface area (Å²) in [5, 5.41) is 0. The Hall–Kier alpha value is -0.790. The molecule has 0 amide bonds. The van der Waals surface area contributed by atoms with Gasteiger partial charge in [-0.1, -0.05) is 65.5 Å². The molecule has 0 bridgehead atoms. The number of rotatable bonds is 6. The molecular formula is C29H48O2. The summed E-state index contributed by atoms with van der Waals surface area (Å²) in [7, 11) is 0. The SMILES string of the molecule is CC(=O)O[C@H]1CC[C@@]2(C)C(=CC[C@H]3[C@@H]4CC[C@H]([C@H](C)CCCC(C)C)[C@]4(C)CC[C@@H]32)C1. The van der Waals surface area contributed by atoms with E-state index in [9.17, 15) is 4.79 Å². The molecule has 31 heavy (non-hydrogen) atoms. The van der Waals surface area contributed by atoms with Gasteiger partial charge in [-0.3, -0.25) is 4.79 Å². The molecule has 0 aromatic rings. The molecule has 0 saturated heterocycles. The van der Waals surface area contributed by atoms with Crippen molar-refractivity contribution in [1.29, 1.82) is 0 Å². The van der Waals surface area contributed by atoms with Gasteiger partial charge in [0, 0.05) is 13.3 Å². The van der Waals surface area contributed by atoms with Gasteiger partial charge in [0.05, 0.1) is 0 Å². The first-order valence-electron chi connectivity index (χ1n) is 13.5. The third-order valence-electron chi connectivity index (χ3n) is 10.6. The van der Waals surface area contributed by atoms with Crippen molar-refractivity contribution in [3.05, 3.63) is 11.6 Å². The van der Waals surface area contributed by atoms with Crippen LogP contribution in [0.3, 0.4) is 0 Å². The summed E-state index contributed by atoms with van der Waals surface area (Å²) in [4.78, 5) is 11.5. The third kappa shape index (κ3) is 4.26. The summed E-state index contributed by atoms with van der Waals surface area (Å²) in [6.07, 6.45) is 17.2. The summed E-state index contributed by atoms with van der Waals surface area (Å²) in [6, 6.07) is 0. The maximum atomic E-state index is 11.5. The Morgan fingerprint density at radius 2 is 1.84 bits per heavy atom. The molecule has 0 N–H and O–H groups in total. The lowest BCUT2D eigenvalue weighted by Crippen LogP contribution is -2.51. The zero-order valence-electron chi connectivity index (χ0n) is 21.2. The molecule has 2 heteroatoms. The zero-order valence-corrected chi connectivity index (χ0v) is 21.2. The van der Waals surface area contributed by atoms with Crippen LogP contribution in [0.1, 0.15) is 112 Å². The highest BCUT2D eigenvalue weighted by Gasteiger charge is 2.59. The first kappa shape index (κ1) is 23.4. The Bertz CT molecular complexity index is 693. The predicted octanol–water partition coefficient (Wildman–Crippen LogP) is 7.96. The Morgan fingerprint density at radius 1 is 1.06 bits per heavy atom. The van der Waals surface area contributed by atoms with Gasteiger partial charge in [-0.15, -0.1) is 0 Å². The van der Waals surface area contributed by atoms with Crippen LogP contribution in [0, 0.1) is 46.3 Å². The van der Waals surface area contributed by atoms with Gasteiger partial charge in [0.2, 0.25) is 0 Å². The smallest absolute Gasteiger partial charge is 0.302 e. The number of carbonyl (C=O) groups excluding carboxylic acids is 1.